The lowest BCUT2D eigenvalue weighted by atomic mass is 10.2. The molecule has 0 heterocycles. The summed E-state index contributed by atoms with van der Waals surface area (Å²) in [6, 6.07) is 0. The van der Waals surface area contributed by atoms with E-state index in [1.165, 1.54) is 49.8 Å². The number of hydrogen-bond acceptors (Lipinski definition) is 1. The zero-order valence-corrected chi connectivity index (χ0v) is 9.61. The third kappa shape index (κ3) is 10.8. The fourth-order valence-corrected chi connectivity index (χ4v) is 2.40. The summed E-state index contributed by atoms with van der Waals surface area (Å²) >= 11 is 2.11. The molecule has 2 heteroatoms. The Morgan fingerprint density at radius 2 is 1.73 bits per heavy atom. The average molecular weight is 192 g/mol. The van der Waals surface area contributed by atoms with Gasteiger partial charge in [0.15, 0.2) is 0 Å². The van der Waals surface area contributed by atoms with Crippen molar-refractivity contribution >= 4 is 21.0 Å². The van der Waals surface area contributed by atoms with E-state index < -0.39 is 0 Å². The van der Waals surface area contributed by atoms with E-state index in [0.29, 0.717) is 0 Å². The van der Waals surface area contributed by atoms with Crippen LogP contribution in [0.1, 0.15) is 39.0 Å². The Kier molecular flexibility index (Phi) is 11.5. The molecule has 1 atom stereocenters. The highest BCUT2D eigenvalue weighted by Gasteiger charge is 1.88. The third-order valence-corrected chi connectivity index (χ3v) is 3.20. The van der Waals surface area contributed by atoms with Gasteiger partial charge in [-0.25, -0.2) is 0 Å². The van der Waals surface area contributed by atoms with Gasteiger partial charge in [0.1, 0.15) is 0 Å². The molecule has 0 bridgehead atoms. The summed E-state index contributed by atoms with van der Waals surface area (Å²) in [5, 5.41) is 0. The first kappa shape index (κ1) is 11.8. The largest absolute Gasteiger partial charge is 0.162 e. The van der Waals surface area contributed by atoms with Crippen molar-refractivity contribution in [1.82, 2.24) is 0 Å². The summed E-state index contributed by atoms with van der Waals surface area (Å²) in [7, 11) is 2.78. The predicted octanol–water partition coefficient (Wildman–Crippen LogP) is 3.57. The summed E-state index contributed by atoms with van der Waals surface area (Å²) < 4.78 is 0. The Labute approximate surface area is 78.1 Å². The van der Waals surface area contributed by atoms with Crippen LogP contribution >= 0.6 is 21.0 Å². The summed E-state index contributed by atoms with van der Waals surface area (Å²) in [6.07, 6.45) is 8.27. The van der Waals surface area contributed by atoms with E-state index in [9.17, 15) is 0 Å². The van der Waals surface area contributed by atoms with Crippen LogP contribution in [-0.2, 0) is 0 Å². The highest BCUT2D eigenvalue weighted by atomic mass is 32.2. The minimum atomic E-state index is 1.27. The molecule has 0 aromatic heterocycles. The molecule has 0 amide bonds. The molecule has 11 heavy (non-hydrogen) atoms. The third-order valence-electron chi connectivity index (χ3n) is 1.64. The minimum Gasteiger partial charge on any atom is -0.162 e. The van der Waals surface area contributed by atoms with E-state index in [4.69, 9.17) is 0 Å². The minimum absolute atomic E-state index is 1.27. The van der Waals surface area contributed by atoms with Gasteiger partial charge >= 0.3 is 0 Å². The standard InChI is InChI=1S/C9H21PS/c1-2-3-4-5-8-11-9-6-7-10/h2-10H2,1H3. The maximum atomic E-state index is 2.78. The van der Waals surface area contributed by atoms with Crippen LogP contribution in [0.25, 0.3) is 0 Å². The zero-order valence-electron chi connectivity index (χ0n) is 7.64. The Balaban J connectivity index is 2.69. The van der Waals surface area contributed by atoms with Crippen LogP contribution in [0.15, 0.2) is 0 Å². The van der Waals surface area contributed by atoms with Crippen LogP contribution in [0.5, 0.6) is 0 Å². The van der Waals surface area contributed by atoms with E-state index in [1.807, 2.05) is 0 Å². The molecular weight excluding hydrogens is 171 g/mol. The van der Waals surface area contributed by atoms with Gasteiger partial charge in [0.05, 0.1) is 0 Å². The molecule has 0 rings (SSSR count). The molecule has 68 valence electrons. The van der Waals surface area contributed by atoms with Crippen molar-refractivity contribution in [2.45, 2.75) is 39.0 Å². The number of unbranched alkanes of at least 4 members (excludes halogenated alkanes) is 3. The van der Waals surface area contributed by atoms with E-state index in [-0.39, 0.29) is 0 Å². The van der Waals surface area contributed by atoms with Gasteiger partial charge in [-0.15, -0.1) is 9.24 Å². The van der Waals surface area contributed by atoms with Gasteiger partial charge < -0.3 is 0 Å². The molecule has 0 aromatic rings. The van der Waals surface area contributed by atoms with Crippen LogP contribution in [0, 0.1) is 0 Å². The molecule has 0 aliphatic heterocycles. The van der Waals surface area contributed by atoms with Crippen LogP contribution in [0.4, 0.5) is 0 Å². The first-order chi connectivity index (χ1) is 5.41. The fourth-order valence-electron chi connectivity index (χ4n) is 0.918. The molecule has 0 aromatic carbocycles. The number of rotatable bonds is 8. The lowest BCUT2D eigenvalue weighted by molar-refractivity contribution is 0.706. The highest BCUT2D eigenvalue weighted by Crippen LogP contribution is 2.09. The smallest absolute Gasteiger partial charge is 0.00644 e. The molecule has 0 fully saturated rings. The zero-order chi connectivity index (χ0) is 8.36. The average Bonchev–Trinajstić information content (AvgIpc) is 2.03. The van der Waals surface area contributed by atoms with Crippen LogP contribution < -0.4 is 0 Å². The Morgan fingerprint density at radius 1 is 1.00 bits per heavy atom. The van der Waals surface area contributed by atoms with E-state index in [1.54, 1.807) is 0 Å². The Hall–Kier alpha value is 0.780. The van der Waals surface area contributed by atoms with Crippen molar-refractivity contribution in [3.05, 3.63) is 0 Å². The van der Waals surface area contributed by atoms with Crippen molar-refractivity contribution in [2.24, 2.45) is 0 Å². The molecule has 0 N–H and O–H groups in total. The Morgan fingerprint density at radius 3 is 2.36 bits per heavy atom. The monoisotopic (exact) mass is 192 g/mol. The number of thioether (sulfide) groups is 1. The molecule has 0 spiro atoms. The topological polar surface area (TPSA) is 0 Å². The van der Waals surface area contributed by atoms with Crippen LogP contribution in [-0.4, -0.2) is 17.7 Å². The van der Waals surface area contributed by atoms with Gasteiger partial charge in [0.2, 0.25) is 0 Å². The van der Waals surface area contributed by atoms with Crippen LogP contribution in [0.2, 0.25) is 0 Å². The van der Waals surface area contributed by atoms with E-state index >= 15 is 0 Å². The van der Waals surface area contributed by atoms with Crippen molar-refractivity contribution < 1.29 is 0 Å². The van der Waals surface area contributed by atoms with Gasteiger partial charge in [0.25, 0.3) is 0 Å². The van der Waals surface area contributed by atoms with Crippen molar-refractivity contribution in [1.29, 1.82) is 0 Å². The van der Waals surface area contributed by atoms with Gasteiger partial charge in [-0.1, -0.05) is 26.2 Å². The first-order valence-corrected chi connectivity index (χ1v) is 6.66. The van der Waals surface area contributed by atoms with E-state index in [0.717, 1.165) is 0 Å². The SMILES string of the molecule is CCCCCCSCCCP. The Bertz CT molecular complexity index is 58.6. The van der Waals surface area contributed by atoms with Crippen LogP contribution in [0.3, 0.4) is 0 Å². The molecule has 0 aliphatic carbocycles. The molecule has 0 saturated heterocycles. The second kappa shape index (κ2) is 10.8. The normalized spacial score (nSPS) is 10.4. The summed E-state index contributed by atoms with van der Waals surface area (Å²) in [6.45, 7) is 2.27. The maximum absolute atomic E-state index is 2.78. The van der Waals surface area contributed by atoms with Gasteiger partial charge in [-0.05, 0) is 30.5 Å². The summed E-state index contributed by atoms with van der Waals surface area (Å²) in [5.74, 6) is 2.74. The second-order valence-electron chi connectivity index (χ2n) is 2.82. The van der Waals surface area contributed by atoms with Gasteiger partial charge in [0, 0.05) is 0 Å². The van der Waals surface area contributed by atoms with E-state index in [2.05, 4.69) is 27.9 Å². The second-order valence-corrected chi connectivity index (χ2v) is 4.62. The van der Waals surface area contributed by atoms with Crippen molar-refractivity contribution in [2.75, 3.05) is 17.7 Å². The van der Waals surface area contributed by atoms with Crippen molar-refractivity contribution in [3.63, 3.8) is 0 Å². The lowest BCUT2D eigenvalue weighted by Crippen LogP contribution is -1.84. The summed E-state index contributed by atoms with van der Waals surface area (Å²) in [4.78, 5) is 0. The molecule has 0 radical (unpaired) electrons. The van der Waals surface area contributed by atoms with Crippen molar-refractivity contribution in [3.8, 4) is 0 Å². The van der Waals surface area contributed by atoms with Gasteiger partial charge in [-0.3, -0.25) is 0 Å². The summed E-state index contributed by atoms with van der Waals surface area (Å²) in [5.41, 5.74) is 0. The highest BCUT2D eigenvalue weighted by molar-refractivity contribution is 7.99. The van der Waals surface area contributed by atoms with Gasteiger partial charge in [-0.2, -0.15) is 11.8 Å². The quantitative estimate of drug-likeness (QED) is 0.418. The maximum Gasteiger partial charge on any atom is -0.00644 e. The molecule has 0 nitrogen and oxygen atoms in total. The molecule has 1 unspecified atom stereocenters. The lowest BCUT2D eigenvalue weighted by Gasteiger charge is -1.99. The first-order valence-electron chi connectivity index (χ1n) is 4.69. The fraction of sp³-hybridized carbons (Fsp3) is 1.00. The predicted molar refractivity (Wildman–Crippen MR) is 60.7 cm³/mol. The molecule has 0 saturated carbocycles. The molecular formula is C9H21PS. The number of hydrogen-bond donors (Lipinski definition) is 0. The molecule has 0 aliphatic rings.